The van der Waals surface area contributed by atoms with Crippen LogP contribution in [0.15, 0.2) is 0 Å². The van der Waals surface area contributed by atoms with Crippen molar-refractivity contribution in [1.82, 2.24) is 24.6 Å². The summed E-state index contributed by atoms with van der Waals surface area (Å²) in [4.78, 5) is 0. The van der Waals surface area contributed by atoms with Gasteiger partial charge in [-0.05, 0) is 0 Å². The largest absolute Gasteiger partial charge is 1.00 e. The van der Waals surface area contributed by atoms with Crippen molar-refractivity contribution in [1.29, 1.82) is 0 Å². The summed E-state index contributed by atoms with van der Waals surface area (Å²) in [5.74, 6) is 0. The van der Waals surface area contributed by atoms with Crippen LogP contribution in [0.3, 0.4) is 0 Å². The number of rotatable bonds is 0. The van der Waals surface area contributed by atoms with E-state index in [-0.39, 0.29) is 76.0 Å². The summed E-state index contributed by atoms with van der Waals surface area (Å²) in [5.41, 5.74) is 0. The minimum atomic E-state index is 0. The van der Waals surface area contributed by atoms with Crippen LogP contribution >= 0.6 is 0 Å². The van der Waals surface area contributed by atoms with Crippen molar-refractivity contribution in [3.05, 3.63) is 0 Å². The van der Waals surface area contributed by atoms with Gasteiger partial charge in [0.05, 0.1) is 0 Å². The van der Waals surface area contributed by atoms with Gasteiger partial charge in [0.25, 0.3) is 0 Å². The van der Waals surface area contributed by atoms with Gasteiger partial charge in [-0.15, -0.1) is 0 Å². The second kappa shape index (κ2) is 50.3. The Hall–Kier alpha value is 1.48. The van der Waals surface area contributed by atoms with Gasteiger partial charge in [0.15, 0.2) is 0 Å². The molecule has 0 atom stereocenters. The fourth-order valence-electron chi connectivity index (χ4n) is 0. The van der Waals surface area contributed by atoms with Crippen LogP contribution in [0.2, 0.25) is 0 Å². The fourth-order valence-corrected chi connectivity index (χ4v) is 0. The Kier molecular flexibility index (Phi) is 897. The minimum Gasteiger partial charge on any atom is -0.369 e. The van der Waals surface area contributed by atoms with Gasteiger partial charge in [0.1, 0.15) is 0 Å². The molecule has 0 aliphatic rings. The van der Waals surface area contributed by atoms with Crippen molar-refractivity contribution in [2.45, 2.75) is 0 Å². The molecule has 0 saturated carbocycles. The molecule has 0 bridgehead atoms. The summed E-state index contributed by atoms with van der Waals surface area (Å²) in [5, 5.41) is 0. The Morgan fingerprint density at radius 1 is 0.400 bits per heavy atom. The van der Waals surface area contributed by atoms with Crippen molar-refractivity contribution in [2.24, 2.45) is 0 Å². The van der Waals surface area contributed by atoms with Gasteiger partial charge in [-0.1, -0.05) is 0 Å². The molecule has 0 saturated heterocycles. The Bertz CT molecular complexity index is 3.61. The quantitative estimate of drug-likeness (QED) is 0.270. The molecule has 0 aliphatic heterocycles. The molecule has 0 aromatic rings. The molecule has 5 heteroatoms. The van der Waals surface area contributed by atoms with Gasteiger partial charge in [0, 0.05) is 0 Å². The zero-order valence-electron chi connectivity index (χ0n) is 5.00. The van der Waals surface area contributed by atoms with Gasteiger partial charge >= 0.3 is 51.4 Å². The van der Waals surface area contributed by atoms with Crippen molar-refractivity contribution in [2.75, 3.05) is 0 Å². The van der Waals surface area contributed by atoms with Gasteiger partial charge in [-0.2, -0.15) is 0 Å². The molecule has 0 aliphatic carbocycles. The van der Waals surface area contributed by atoms with E-state index in [2.05, 4.69) is 0 Å². The topological polar surface area (TPSA) is 146 Å². The predicted molar refractivity (Wildman–Crippen MR) is 23.9 cm³/mol. The first-order valence-electron chi connectivity index (χ1n) is 0. The van der Waals surface area contributed by atoms with E-state index in [0.717, 1.165) is 0 Å². The van der Waals surface area contributed by atoms with Crippen molar-refractivity contribution >= 4 is 0 Å². The molecule has 0 amide bonds. The minimum absolute atomic E-state index is 0. The third-order valence-electron chi connectivity index (χ3n) is 0. The van der Waals surface area contributed by atoms with Crippen LogP contribution in [-0.2, 0) is 0 Å². The second-order valence-corrected chi connectivity index (χ2v) is 0. The molecule has 0 rings (SSSR count). The second-order valence-electron chi connectivity index (χ2n) is 0. The summed E-state index contributed by atoms with van der Waals surface area (Å²) in [6.45, 7) is 0. The van der Waals surface area contributed by atoms with Gasteiger partial charge < -0.3 is 24.6 Å². The first-order valence-corrected chi connectivity index (χ1v) is 0. The Morgan fingerprint density at radius 2 is 0.400 bits per heavy atom. The summed E-state index contributed by atoms with van der Waals surface area (Å²) in [6.07, 6.45) is 0. The average molecular weight is 111 g/mol. The first-order chi connectivity index (χ1) is 0. The standard InChI is InChI=1S/K.4H3N/h;4*1H3/q+1;;;;/p+4. The summed E-state index contributed by atoms with van der Waals surface area (Å²) < 4.78 is 0. The van der Waals surface area contributed by atoms with Crippen LogP contribution in [0.25, 0.3) is 0 Å². The van der Waals surface area contributed by atoms with E-state index in [1.54, 1.807) is 0 Å². The van der Waals surface area contributed by atoms with E-state index < -0.39 is 0 Å². The van der Waals surface area contributed by atoms with Crippen LogP contribution in [0.5, 0.6) is 0 Å². The van der Waals surface area contributed by atoms with E-state index in [1.807, 2.05) is 0 Å². The molecule has 0 radical (unpaired) electrons. The van der Waals surface area contributed by atoms with E-state index in [4.69, 9.17) is 0 Å². The van der Waals surface area contributed by atoms with E-state index in [0.29, 0.717) is 0 Å². The third-order valence-corrected chi connectivity index (χ3v) is 0. The van der Waals surface area contributed by atoms with E-state index in [9.17, 15) is 0 Å². The fraction of sp³-hybridized carbons (Fsp3) is 0. The van der Waals surface area contributed by atoms with Crippen molar-refractivity contribution < 1.29 is 51.4 Å². The molecule has 32 valence electrons. The van der Waals surface area contributed by atoms with Crippen LogP contribution in [0.4, 0.5) is 0 Å². The van der Waals surface area contributed by atoms with E-state index >= 15 is 0 Å². The number of hydrogen-bond donors (Lipinski definition) is 4. The molecule has 5 heavy (non-hydrogen) atoms. The first kappa shape index (κ1) is 89.1. The smallest absolute Gasteiger partial charge is 0.369 e. The number of quaternary nitrogens is 4. The molecule has 0 aromatic heterocycles. The Morgan fingerprint density at radius 3 is 0.400 bits per heavy atom. The summed E-state index contributed by atoms with van der Waals surface area (Å²) in [6, 6.07) is 0. The summed E-state index contributed by atoms with van der Waals surface area (Å²) in [7, 11) is 0. The normalized spacial score (nSPS) is 0. The maximum atomic E-state index is 0. The zero-order chi connectivity index (χ0) is 0. The maximum Gasteiger partial charge on any atom is 1.00 e. The molecule has 0 spiro atoms. The average Bonchev–Trinajstić information content (AvgIpc) is 0. The maximum absolute atomic E-state index is 0. The molecular weight excluding hydrogens is 95.1 g/mol. The summed E-state index contributed by atoms with van der Waals surface area (Å²) >= 11 is 0. The van der Waals surface area contributed by atoms with Crippen LogP contribution in [0, 0.1) is 0 Å². The van der Waals surface area contributed by atoms with Crippen LogP contribution in [-0.4, -0.2) is 0 Å². The monoisotopic (exact) mass is 111 g/mol. The third kappa shape index (κ3) is 30.4. The molecule has 16 N–H and O–H groups in total. The molecule has 4 nitrogen and oxygen atoms in total. The van der Waals surface area contributed by atoms with Crippen LogP contribution in [0.1, 0.15) is 0 Å². The zero-order valence-corrected chi connectivity index (χ0v) is 8.12. The van der Waals surface area contributed by atoms with Gasteiger partial charge in [-0.3, -0.25) is 0 Å². The SMILES string of the molecule is [K+].[NH4+].[NH4+].[NH4+].[NH4+]. The Balaban J connectivity index is 0. The van der Waals surface area contributed by atoms with Crippen molar-refractivity contribution in [3.63, 3.8) is 0 Å². The van der Waals surface area contributed by atoms with Crippen LogP contribution < -0.4 is 76.0 Å². The molecular formula is H16KN4+5. The Labute approximate surface area is 74.8 Å². The van der Waals surface area contributed by atoms with Crippen molar-refractivity contribution in [3.8, 4) is 0 Å². The van der Waals surface area contributed by atoms with Gasteiger partial charge in [0.2, 0.25) is 0 Å². The molecule has 0 heterocycles. The van der Waals surface area contributed by atoms with Gasteiger partial charge in [-0.25, -0.2) is 0 Å². The van der Waals surface area contributed by atoms with E-state index in [1.165, 1.54) is 0 Å². The molecule has 0 fully saturated rings. The molecule has 0 unspecified atom stereocenters. The molecule has 0 aromatic carbocycles. The predicted octanol–water partition coefficient (Wildman–Crippen LogP) is -1.49. The number of hydrogen-bond acceptors (Lipinski definition) is 0.